The number of carbonyl (C=O) groups excluding carboxylic acids is 1. The lowest BCUT2D eigenvalue weighted by molar-refractivity contribution is -0.145. The van der Waals surface area contributed by atoms with Crippen molar-refractivity contribution in [3.8, 4) is 0 Å². The summed E-state index contributed by atoms with van der Waals surface area (Å²) in [5.74, 6) is -0.289. The van der Waals surface area contributed by atoms with E-state index in [0.717, 1.165) is 5.56 Å². The molecule has 1 aromatic carbocycles. The third kappa shape index (κ3) is 6.55. The van der Waals surface area contributed by atoms with Crippen molar-refractivity contribution < 1.29 is 18.6 Å². The van der Waals surface area contributed by atoms with E-state index in [1.54, 1.807) is 6.92 Å². The largest absolute Gasteiger partial charge is 0.465 e. The summed E-state index contributed by atoms with van der Waals surface area (Å²) in [5, 5.41) is 0. The molecule has 1 aromatic rings. The molecule has 0 radical (unpaired) electrons. The van der Waals surface area contributed by atoms with E-state index in [2.05, 4.69) is 0 Å². The Labute approximate surface area is 148 Å². The van der Waals surface area contributed by atoms with Crippen LogP contribution in [-0.2, 0) is 36.8 Å². The Kier molecular flexibility index (Phi) is 8.80. The first-order valence-electron chi connectivity index (χ1n) is 7.70. The molecule has 1 atom stereocenters. The van der Waals surface area contributed by atoms with Crippen molar-refractivity contribution in [2.45, 2.75) is 38.9 Å². The average molecular weight is 376 g/mol. The van der Waals surface area contributed by atoms with Gasteiger partial charge in [-0.1, -0.05) is 41.7 Å². The van der Waals surface area contributed by atoms with Crippen molar-refractivity contribution in [2.24, 2.45) is 0 Å². The van der Waals surface area contributed by atoms with Crippen LogP contribution in [0.4, 0.5) is 0 Å². The Morgan fingerprint density at radius 2 is 1.70 bits per heavy atom. The lowest BCUT2D eigenvalue weighted by Gasteiger charge is -2.31. The van der Waals surface area contributed by atoms with Gasteiger partial charge in [0.05, 0.1) is 19.8 Å². The van der Waals surface area contributed by atoms with Crippen molar-refractivity contribution >= 4 is 34.9 Å². The van der Waals surface area contributed by atoms with Crippen LogP contribution in [0.15, 0.2) is 30.3 Å². The Hall–Kier alpha value is -0.390. The zero-order valence-corrected chi connectivity index (χ0v) is 16.6. The fraction of sp³-hybridized carbons (Fsp3) is 0.562. The topological polar surface area (TPSA) is 44.8 Å². The highest BCUT2D eigenvalue weighted by atomic mass is 32.9. The molecule has 0 N–H and O–H groups in total. The van der Waals surface area contributed by atoms with Crippen LogP contribution in [-0.4, -0.2) is 30.5 Å². The minimum atomic E-state index is -2.61. The first-order chi connectivity index (χ1) is 10.9. The SMILES string of the molecule is CCOC(=O)C(C)(Cc1ccccc1)SP(=S)(OCC)OCC. The van der Waals surface area contributed by atoms with Crippen LogP contribution >= 0.6 is 17.1 Å². The highest BCUT2D eigenvalue weighted by molar-refractivity contribution is 8.68. The molecule has 0 aromatic heterocycles. The summed E-state index contributed by atoms with van der Waals surface area (Å²) in [4.78, 5) is 12.6. The van der Waals surface area contributed by atoms with Crippen LogP contribution in [0.3, 0.4) is 0 Å². The minimum absolute atomic E-state index is 0.289. The first kappa shape index (κ1) is 20.7. The number of hydrogen-bond donors (Lipinski definition) is 0. The van der Waals surface area contributed by atoms with Crippen LogP contribution in [0, 0.1) is 0 Å². The van der Waals surface area contributed by atoms with Gasteiger partial charge in [-0.05, 0) is 51.5 Å². The van der Waals surface area contributed by atoms with E-state index in [0.29, 0.717) is 26.2 Å². The van der Waals surface area contributed by atoms with Crippen molar-refractivity contribution in [1.82, 2.24) is 0 Å². The maximum atomic E-state index is 12.6. The number of ether oxygens (including phenoxy) is 1. The third-order valence-electron chi connectivity index (χ3n) is 2.98. The van der Waals surface area contributed by atoms with E-state index in [9.17, 15) is 4.79 Å². The quantitative estimate of drug-likeness (QED) is 0.440. The summed E-state index contributed by atoms with van der Waals surface area (Å²) in [6.45, 7) is 8.63. The predicted octanol–water partition coefficient (Wildman–Crippen LogP) is 4.58. The molecular weight excluding hydrogens is 351 g/mol. The molecule has 0 saturated heterocycles. The summed E-state index contributed by atoms with van der Waals surface area (Å²) < 4.78 is 15.8. The summed E-state index contributed by atoms with van der Waals surface area (Å²) in [6, 6.07) is 9.83. The molecule has 0 heterocycles. The molecule has 0 bridgehead atoms. The van der Waals surface area contributed by atoms with E-state index in [-0.39, 0.29) is 5.97 Å². The van der Waals surface area contributed by atoms with Crippen molar-refractivity contribution in [3.63, 3.8) is 0 Å². The molecule has 0 amide bonds. The Morgan fingerprint density at radius 3 is 2.17 bits per heavy atom. The Morgan fingerprint density at radius 1 is 1.13 bits per heavy atom. The van der Waals surface area contributed by atoms with Gasteiger partial charge in [0.1, 0.15) is 4.75 Å². The highest BCUT2D eigenvalue weighted by Crippen LogP contribution is 2.66. The molecule has 1 rings (SSSR count). The van der Waals surface area contributed by atoms with Gasteiger partial charge in [-0.25, -0.2) is 0 Å². The zero-order valence-electron chi connectivity index (χ0n) is 14.1. The van der Waals surface area contributed by atoms with Gasteiger partial charge < -0.3 is 13.8 Å². The molecule has 130 valence electrons. The number of rotatable bonds is 10. The summed E-state index contributed by atoms with van der Waals surface area (Å²) >= 11 is 6.88. The van der Waals surface area contributed by atoms with Gasteiger partial charge in [0, 0.05) is 0 Å². The molecule has 0 saturated carbocycles. The minimum Gasteiger partial charge on any atom is -0.465 e. The molecule has 0 aliphatic carbocycles. The fourth-order valence-corrected chi connectivity index (χ4v) is 8.69. The van der Waals surface area contributed by atoms with Crippen LogP contribution in [0.5, 0.6) is 0 Å². The standard InChI is InChI=1S/C16H25O4PS2/c1-5-18-15(17)16(4,13-14-11-9-8-10-12-14)23-21(22,19-6-2)20-7-3/h8-12H,5-7,13H2,1-4H3. The van der Waals surface area contributed by atoms with E-state index < -0.39 is 10.4 Å². The molecule has 0 aliphatic heterocycles. The lowest BCUT2D eigenvalue weighted by Crippen LogP contribution is -2.36. The Bertz CT molecular complexity index is 528. The summed E-state index contributed by atoms with van der Waals surface area (Å²) in [6.07, 6.45) is 0.510. The summed E-state index contributed by atoms with van der Waals surface area (Å²) in [7, 11) is 0. The van der Waals surface area contributed by atoms with Crippen LogP contribution < -0.4 is 0 Å². The lowest BCUT2D eigenvalue weighted by atomic mass is 10.0. The maximum absolute atomic E-state index is 12.6. The zero-order chi connectivity index (χ0) is 17.3. The number of benzene rings is 1. The first-order valence-corrected chi connectivity index (χ1v) is 11.8. The van der Waals surface area contributed by atoms with Crippen LogP contribution in [0.2, 0.25) is 0 Å². The van der Waals surface area contributed by atoms with Gasteiger partial charge in [0.2, 0.25) is 5.69 Å². The normalized spacial score (nSPS) is 14.3. The monoisotopic (exact) mass is 376 g/mol. The van der Waals surface area contributed by atoms with Gasteiger partial charge >= 0.3 is 5.97 Å². The maximum Gasteiger partial charge on any atom is 0.322 e. The van der Waals surface area contributed by atoms with Gasteiger partial charge in [-0.15, -0.1) is 0 Å². The molecule has 7 heteroatoms. The van der Waals surface area contributed by atoms with E-state index in [1.165, 1.54) is 11.4 Å². The van der Waals surface area contributed by atoms with E-state index in [1.807, 2.05) is 51.1 Å². The van der Waals surface area contributed by atoms with Crippen molar-refractivity contribution in [1.29, 1.82) is 0 Å². The molecule has 0 aliphatic rings. The Balaban J connectivity index is 3.07. The van der Waals surface area contributed by atoms with Crippen LogP contribution in [0.25, 0.3) is 0 Å². The third-order valence-corrected chi connectivity index (χ3v) is 8.88. The second-order valence-electron chi connectivity index (χ2n) is 4.99. The molecule has 0 spiro atoms. The molecular formula is C16H25O4PS2. The molecule has 1 unspecified atom stereocenters. The van der Waals surface area contributed by atoms with Gasteiger partial charge in [0.25, 0.3) is 0 Å². The highest BCUT2D eigenvalue weighted by Gasteiger charge is 2.42. The van der Waals surface area contributed by atoms with Gasteiger partial charge in [-0.2, -0.15) is 0 Å². The number of carbonyl (C=O) groups is 1. The molecule has 4 nitrogen and oxygen atoms in total. The van der Waals surface area contributed by atoms with Crippen LogP contribution in [0.1, 0.15) is 33.3 Å². The van der Waals surface area contributed by atoms with Gasteiger partial charge in [-0.3, -0.25) is 4.79 Å². The predicted molar refractivity (Wildman–Crippen MR) is 100 cm³/mol. The van der Waals surface area contributed by atoms with Crippen molar-refractivity contribution in [2.75, 3.05) is 19.8 Å². The fourth-order valence-electron chi connectivity index (χ4n) is 2.06. The van der Waals surface area contributed by atoms with E-state index in [4.69, 9.17) is 25.6 Å². The summed E-state index contributed by atoms with van der Waals surface area (Å²) in [5.41, 5.74) is -1.56. The number of hydrogen-bond acceptors (Lipinski definition) is 6. The van der Waals surface area contributed by atoms with E-state index >= 15 is 0 Å². The number of esters is 1. The molecule has 23 heavy (non-hydrogen) atoms. The second-order valence-corrected chi connectivity index (χ2v) is 11.6. The van der Waals surface area contributed by atoms with Gasteiger partial charge in [0.15, 0.2) is 0 Å². The van der Waals surface area contributed by atoms with Crippen molar-refractivity contribution in [3.05, 3.63) is 35.9 Å². The second kappa shape index (κ2) is 9.80. The smallest absolute Gasteiger partial charge is 0.322 e. The molecule has 0 fully saturated rings. The average Bonchev–Trinajstić information content (AvgIpc) is 2.48.